The summed E-state index contributed by atoms with van der Waals surface area (Å²) in [6.45, 7) is 0.397. The van der Waals surface area contributed by atoms with Crippen molar-refractivity contribution in [3.8, 4) is 0 Å². The summed E-state index contributed by atoms with van der Waals surface area (Å²) in [7, 11) is 3.44. The molecule has 0 saturated heterocycles. The van der Waals surface area contributed by atoms with E-state index in [-0.39, 0.29) is 17.8 Å². The van der Waals surface area contributed by atoms with E-state index in [9.17, 15) is 9.18 Å². The summed E-state index contributed by atoms with van der Waals surface area (Å²) in [5, 5.41) is 7.10. The number of carbonyl (C=O) groups is 1. The average molecular weight is 351 g/mol. The normalized spacial score (nSPS) is 12.1. The number of ether oxygens (including phenoxy) is 1. The van der Waals surface area contributed by atoms with Crippen molar-refractivity contribution >= 4 is 17.7 Å². The van der Waals surface area contributed by atoms with Crippen LogP contribution in [0.4, 0.5) is 4.39 Å². The lowest BCUT2D eigenvalue weighted by molar-refractivity contribution is -0.121. The van der Waals surface area contributed by atoms with Crippen molar-refractivity contribution in [1.29, 1.82) is 0 Å². The molecule has 1 amide bonds. The van der Waals surface area contributed by atoms with E-state index in [4.69, 9.17) is 4.74 Å². The van der Waals surface area contributed by atoms with E-state index in [1.807, 2.05) is 13.1 Å². The molecule has 1 N–H and O–H groups in total. The van der Waals surface area contributed by atoms with Gasteiger partial charge in [-0.15, -0.1) is 0 Å². The first-order valence-electron chi connectivity index (χ1n) is 7.68. The summed E-state index contributed by atoms with van der Waals surface area (Å²) in [5.41, 5.74) is 1.96. The van der Waals surface area contributed by atoms with Crippen molar-refractivity contribution in [3.05, 3.63) is 53.6 Å². The molecule has 0 aliphatic rings. The molecule has 130 valence electrons. The molecule has 0 saturated carbocycles. The SMILES string of the molecule is COCC(NC(=O)CCSCc1ccc(F)cc1)c1ccnn1C. The molecule has 0 aliphatic carbocycles. The standard InChI is InChI=1S/C17H22FN3O2S/c1-21-16(7-9-19-21)15(11-23-2)20-17(22)8-10-24-12-13-3-5-14(18)6-4-13/h3-7,9,15H,8,10-12H2,1-2H3,(H,20,22). The number of amides is 1. The Labute approximate surface area is 145 Å². The van der Waals surface area contributed by atoms with Crippen molar-refractivity contribution in [2.45, 2.75) is 18.2 Å². The molecule has 2 aromatic rings. The van der Waals surface area contributed by atoms with Crippen molar-refractivity contribution in [2.75, 3.05) is 19.5 Å². The van der Waals surface area contributed by atoms with Crippen LogP contribution in [-0.2, 0) is 22.3 Å². The van der Waals surface area contributed by atoms with Gasteiger partial charge in [-0.25, -0.2) is 4.39 Å². The van der Waals surface area contributed by atoms with Crippen LogP contribution in [0.2, 0.25) is 0 Å². The fraction of sp³-hybridized carbons (Fsp3) is 0.412. The van der Waals surface area contributed by atoms with Crippen LogP contribution < -0.4 is 5.32 Å². The predicted octanol–water partition coefficient (Wildman–Crippen LogP) is 2.69. The van der Waals surface area contributed by atoms with Crippen LogP contribution in [0.15, 0.2) is 36.5 Å². The number of hydrogen-bond donors (Lipinski definition) is 1. The van der Waals surface area contributed by atoms with E-state index in [0.29, 0.717) is 18.8 Å². The molecule has 0 spiro atoms. The third-order valence-corrected chi connectivity index (χ3v) is 4.57. The van der Waals surface area contributed by atoms with Crippen LogP contribution in [0.3, 0.4) is 0 Å². The highest BCUT2D eigenvalue weighted by atomic mass is 32.2. The zero-order chi connectivity index (χ0) is 17.4. The second kappa shape index (κ2) is 9.44. The molecule has 0 fully saturated rings. The van der Waals surface area contributed by atoms with Crippen molar-refractivity contribution in [1.82, 2.24) is 15.1 Å². The number of benzene rings is 1. The second-order valence-corrected chi connectivity index (χ2v) is 6.49. The van der Waals surface area contributed by atoms with Crippen LogP contribution >= 0.6 is 11.8 Å². The largest absolute Gasteiger partial charge is 0.382 e. The minimum absolute atomic E-state index is 0.0233. The minimum atomic E-state index is -0.234. The third-order valence-electron chi connectivity index (χ3n) is 3.54. The topological polar surface area (TPSA) is 56.1 Å². The molecule has 1 atom stereocenters. The Morgan fingerprint density at radius 1 is 1.38 bits per heavy atom. The molecule has 24 heavy (non-hydrogen) atoms. The van der Waals surface area contributed by atoms with Crippen LogP contribution in [-0.4, -0.2) is 35.2 Å². The first-order valence-corrected chi connectivity index (χ1v) is 8.84. The quantitative estimate of drug-likeness (QED) is 0.706. The van der Waals surface area contributed by atoms with E-state index in [1.165, 1.54) is 12.1 Å². The van der Waals surface area contributed by atoms with E-state index in [1.54, 1.807) is 41.9 Å². The number of methoxy groups -OCH3 is 1. The lowest BCUT2D eigenvalue weighted by Crippen LogP contribution is -2.32. The summed E-state index contributed by atoms with van der Waals surface area (Å²) in [5.74, 6) is 1.21. The van der Waals surface area contributed by atoms with Crippen LogP contribution in [0.5, 0.6) is 0 Å². The lowest BCUT2D eigenvalue weighted by Gasteiger charge is -2.18. The average Bonchev–Trinajstić information content (AvgIpc) is 2.99. The van der Waals surface area contributed by atoms with Gasteiger partial charge in [0.1, 0.15) is 5.82 Å². The Hall–Kier alpha value is -1.86. The molecule has 5 nitrogen and oxygen atoms in total. The Morgan fingerprint density at radius 3 is 2.75 bits per heavy atom. The summed E-state index contributed by atoms with van der Waals surface area (Å²) in [4.78, 5) is 12.1. The van der Waals surface area contributed by atoms with E-state index in [0.717, 1.165) is 17.0 Å². The highest BCUT2D eigenvalue weighted by Gasteiger charge is 2.17. The number of hydrogen-bond acceptors (Lipinski definition) is 4. The summed E-state index contributed by atoms with van der Waals surface area (Å²) in [6, 6.07) is 8.08. The summed E-state index contributed by atoms with van der Waals surface area (Å²) >= 11 is 1.65. The molecule has 7 heteroatoms. The maximum Gasteiger partial charge on any atom is 0.221 e. The number of aromatic nitrogens is 2. The summed E-state index contributed by atoms with van der Waals surface area (Å²) in [6.07, 6.45) is 2.12. The van der Waals surface area contributed by atoms with E-state index in [2.05, 4.69) is 10.4 Å². The summed E-state index contributed by atoms with van der Waals surface area (Å²) < 4.78 is 19.7. The van der Waals surface area contributed by atoms with Gasteiger partial charge in [0.05, 0.1) is 18.3 Å². The number of carbonyl (C=O) groups excluding carboxylic acids is 1. The lowest BCUT2D eigenvalue weighted by atomic mass is 10.2. The number of nitrogens with zero attached hydrogens (tertiary/aromatic N) is 2. The minimum Gasteiger partial charge on any atom is -0.382 e. The Bertz CT molecular complexity index is 646. The van der Waals surface area contributed by atoms with Gasteiger partial charge in [-0.05, 0) is 23.8 Å². The number of thioether (sulfide) groups is 1. The zero-order valence-electron chi connectivity index (χ0n) is 13.9. The molecule has 0 aliphatic heterocycles. The fourth-order valence-electron chi connectivity index (χ4n) is 2.30. The first-order chi connectivity index (χ1) is 11.6. The Balaban J connectivity index is 1.75. The zero-order valence-corrected chi connectivity index (χ0v) is 14.7. The van der Waals surface area contributed by atoms with Crippen LogP contribution in [0, 0.1) is 5.82 Å². The fourth-order valence-corrected chi connectivity index (χ4v) is 3.20. The van der Waals surface area contributed by atoms with E-state index < -0.39 is 0 Å². The first kappa shape index (κ1) is 18.5. The van der Waals surface area contributed by atoms with Crippen molar-refractivity contribution in [2.24, 2.45) is 7.05 Å². The Kier molecular flexibility index (Phi) is 7.27. The molecule has 1 aromatic heterocycles. The molecular weight excluding hydrogens is 329 g/mol. The van der Waals surface area contributed by atoms with Gasteiger partial charge >= 0.3 is 0 Å². The molecule has 1 unspecified atom stereocenters. The second-order valence-electron chi connectivity index (χ2n) is 5.38. The maximum atomic E-state index is 12.8. The molecule has 0 bridgehead atoms. The van der Waals surface area contributed by atoms with Gasteiger partial charge in [0.25, 0.3) is 0 Å². The highest BCUT2D eigenvalue weighted by molar-refractivity contribution is 7.98. The van der Waals surface area contributed by atoms with Crippen molar-refractivity contribution < 1.29 is 13.9 Å². The van der Waals surface area contributed by atoms with Crippen molar-refractivity contribution in [3.63, 3.8) is 0 Å². The van der Waals surface area contributed by atoms with Crippen LogP contribution in [0.25, 0.3) is 0 Å². The predicted molar refractivity (Wildman–Crippen MR) is 93.1 cm³/mol. The monoisotopic (exact) mass is 351 g/mol. The number of aryl methyl sites for hydroxylation is 1. The molecule has 2 rings (SSSR count). The molecule has 1 aromatic carbocycles. The van der Waals surface area contributed by atoms with Gasteiger partial charge in [-0.3, -0.25) is 9.48 Å². The van der Waals surface area contributed by atoms with Gasteiger partial charge < -0.3 is 10.1 Å². The van der Waals surface area contributed by atoms with Gasteiger partial charge in [0.15, 0.2) is 0 Å². The van der Waals surface area contributed by atoms with Crippen LogP contribution in [0.1, 0.15) is 23.7 Å². The number of nitrogens with one attached hydrogen (secondary N) is 1. The Morgan fingerprint density at radius 2 is 2.12 bits per heavy atom. The van der Waals surface area contributed by atoms with Gasteiger partial charge in [-0.2, -0.15) is 16.9 Å². The third kappa shape index (κ3) is 5.65. The molecular formula is C17H22FN3O2S. The van der Waals surface area contributed by atoms with Gasteiger partial charge in [0, 0.05) is 38.3 Å². The number of rotatable bonds is 9. The maximum absolute atomic E-state index is 12.8. The smallest absolute Gasteiger partial charge is 0.221 e. The van der Waals surface area contributed by atoms with Gasteiger partial charge in [-0.1, -0.05) is 12.1 Å². The highest BCUT2D eigenvalue weighted by Crippen LogP contribution is 2.15. The van der Waals surface area contributed by atoms with E-state index >= 15 is 0 Å². The molecule has 0 radical (unpaired) electrons. The molecule has 1 heterocycles. The van der Waals surface area contributed by atoms with Gasteiger partial charge in [0.2, 0.25) is 5.91 Å². The number of halogens is 1.